The third-order valence-electron chi connectivity index (χ3n) is 4.23. The number of aromatic amines is 1. The van der Waals surface area contributed by atoms with Crippen LogP contribution in [0.15, 0.2) is 21.8 Å². The molecule has 1 aliphatic rings. The number of amides is 2. The molecule has 0 aromatic carbocycles. The van der Waals surface area contributed by atoms with Gasteiger partial charge in [0.1, 0.15) is 18.3 Å². The molecule has 2 N–H and O–H groups in total. The van der Waals surface area contributed by atoms with Crippen molar-refractivity contribution in [1.82, 2.24) is 29.9 Å². The molecule has 2 atom stereocenters. The second-order valence-corrected chi connectivity index (χ2v) is 8.56. The highest BCUT2D eigenvalue weighted by atomic mass is 32.2. The number of fused-ring (bicyclic) bond motifs is 1. The number of nitrogens with one attached hydrogen (secondary N) is 1. The Kier molecular flexibility index (Phi) is 5.37. The standard InChI is InChI=1S/C15H21N7O4S/c1-10(23)15(25)21-5-6-22-11(8-21)12(7-18-22)27(2,26)20-14(24)4-3-13-16-9-17-19-13/h7,9-10,23H,3-6,8H2,1-2H3,(H,16,17,19)/t10-,27?/m1/s1. The molecule has 0 spiro atoms. The van der Waals surface area contributed by atoms with Crippen LogP contribution in [0.4, 0.5) is 0 Å². The summed E-state index contributed by atoms with van der Waals surface area (Å²) in [5.41, 5.74) is 0.564. The Morgan fingerprint density at radius 1 is 1.44 bits per heavy atom. The van der Waals surface area contributed by atoms with Crippen LogP contribution in [0, 0.1) is 0 Å². The molecule has 27 heavy (non-hydrogen) atoms. The van der Waals surface area contributed by atoms with Crippen LogP contribution in [-0.4, -0.2) is 69.9 Å². The van der Waals surface area contributed by atoms with Gasteiger partial charge in [0.15, 0.2) is 0 Å². The summed E-state index contributed by atoms with van der Waals surface area (Å²) in [6.07, 6.45) is 3.42. The minimum Gasteiger partial charge on any atom is -0.384 e. The van der Waals surface area contributed by atoms with Crippen LogP contribution in [0.3, 0.4) is 0 Å². The van der Waals surface area contributed by atoms with E-state index in [9.17, 15) is 18.9 Å². The molecular formula is C15H21N7O4S. The molecule has 0 bridgehead atoms. The third-order valence-corrected chi connectivity index (χ3v) is 5.94. The Hall–Kier alpha value is -2.60. The summed E-state index contributed by atoms with van der Waals surface area (Å²) >= 11 is 0. The first kappa shape index (κ1) is 19.2. The van der Waals surface area contributed by atoms with Crippen molar-refractivity contribution in [3.63, 3.8) is 0 Å². The van der Waals surface area contributed by atoms with E-state index in [1.165, 1.54) is 30.6 Å². The van der Waals surface area contributed by atoms with Crippen LogP contribution in [0.5, 0.6) is 0 Å². The fourth-order valence-corrected chi connectivity index (χ4v) is 4.28. The van der Waals surface area contributed by atoms with Gasteiger partial charge in [-0.2, -0.15) is 14.6 Å². The van der Waals surface area contributed by atoms with Crippen LogP contribution in [0.25, 0.3) is 0 Å². The number of carbonyl (C=O) groups is 2. The summed E-state index contributed by atoms with van der Waals surface area (Å²) in [5.74, 6) is -0.362. The van der Waals surface area contributed by atoms with Crippen LogP contribution in [-0.2, 0) is 38.8 Å². The lowest BCUT2D eigenvalue weighted by atomic mass is 10.2. The van der Waals surface area contributed by atoms with Gasteiger partial charge in [-0.05, 0) is 6.92 Å². The summed E-state index contributed by atoms with van der Waals surface area (Å²) in [6, 6.07) is 0. The highest BCUT2D eigenvalue weighted by molar-refractivity contribution is 7.93. The van der Waals surface area contributed by atoms with E-state index in [4.69, 9.17) is 0 Å². The number of H-pyrrole nitrogens is 1. The fourth-order valence-electron chi connectivity index (χ4n) is 2.86. The van der Waals surface area contributed by atoms with E-state index >= 15 is 0 Å². The minimum absolute atomic E-state index is 0.0517. The number of aryl methyl sites for hydroxylation is 1. The second-order valence-electron chi connectivity index (χ2n) is 6.33. The van der Waals surface area contributed by atoms with Crippen molar-refractivity contribution in [2.45, 2.75) is 43.9 Å². The first-order chi connectivity index (χ1) is 12.8. The molecule has 0 saturated heterocycles. The van der Waals surface area contributed by atoms with E-state index in [1.54, 1.807) is 4.68 Å². The van der Waals surface area contributed by atoms with Crippen molar-refractivity contribution in [2.75, 3.05) is 12.8 Å². The Bertz CT molecular complexity index is 957. The summed E-state index contributed by atoms with van der Waals surface area (Å²) in [5, 5.41) is 20.1. The van der Waals surface area contributed by atoms with E-state index in [0.29, 0.717) is 35.9 Å². The topological polar surface area (TPSA) is 146 Å². The fraction of sp³-hybridized carbons (Fsp3) is 0.533. The van der Waals surface area contributed by atoms with Crippen molar-refractivity contribution in [3.05, 3.63) is 24.0 Å². The van der Waals surface area contributed by atoms with E-state index in [1.807, 2.05) is 0 Å². The molecule has 0 radical (unpaired) electrons. The van der Waals surface area contributed by atoms with Gasteiger partial charge in [-0.25, -0.2) is 9.19 Å². The molecular weight excluding hydrogens is 374 g/mol. The first-order valence-electron chi connectivity index (χ1n) is 8.38. The van der Waals surface area contributed by atoms with Crippen LogP contribution in [0.1, 0.15) is 24.9 Å². The lowest BCUT2D eigenvalue weighted by molar-refractivity contribution is -0.140. The van der Waals surface area contributed by atoms with Crippen molar-refractivity contribution in [1.29, 1.82) is 0 Å². The molecule has 2 aromatic heterocycles. The summed E-state index contributed by atoms with van der Waals surface area (Å²) in [7, 11) is -3.02. The molecule has 3 heterocycles. The van der Waals surface area contributed by atoms with Gasteiger partial charge in [0.05, 0.1) is 39.6 Å². The maximum absolute atomic E-state index is 13.1. The van der Waals surface area contributed by atoms with E-state index in [0.717, 1.165) is 0 Å². The Morgan fingerprint density at radius 3 is 2.89 bits per heavy atom. The van der Waals surface area contributed by atoms with Gasteiger partial charge < -0.3 is 10.0 Å². The zero-order valence-corrected chi connectivity index (χ0v) is 15.8. The predicted octanol–water partition coefficient (Wildman–Crippen LogP) is -0.660. The number of aromatic nitrogens is 5. The minimum atomic E-state index is -3.02. The lowest BCUT2D eigenvalue weighted by Gasteiger charge is -2.29. The molecule has 0 aliphatic carbocycles. The number of nitrogens with zero attached hydrogens (tertiary/aromatic N) is 6. The zero-order valence-electron chi connectivity index (χ0n) is 15.0. The zero-order chi connectivity index (χ0) is 19.6. The molecule has 1 unspecified atom stereocenters. The van der Waals surface area contributed by atoms with Crippen LogP contribution in [0.2, 0.25) is 0 Å². The van der Waals surface area contributed by atoms with Crippen molar-refractivity contribution >= 4 is 21.5 Å². The molecule has 12 heteroatoms. The van der Waals surface area contributed by atoms with Gasteiger partial charge in [0.2, 0.25) is 0 Å². The highest BCUT2D eigenvalue weighted by Gasteiger charge is 2.28. The number of hydrogen-bond acceptors (Lipinski definition) is 7. The Balaban J connectivity index is 1.79. The summed E-state index contributed by atoms with van der Waals surface area (Å²) in [4.78, 5) is 29.9. The summed E-state index contributed by atoms with van der Waals surface area (Å²) < 4.78 is 18.6. The predicted molar refractivity (Wildman–Crippen MR) is 93.8 cm³/mol. The van der Waals surface area contributed by atoms with Crippen molar-refractivity contribution in [2.24, 2.45) is 4.36 Å². The van der Waals surface area contributed by atoms with E-state index in [-0.39, 0.29) is 13.0 Å². The molecule has 146 valence electrons. The summed E-state index contributed by atoms with van der Waals surface area (Å²) in [6.45, 7) is 2.38. The highest BCUT2D eigenvalue weighted by Crippen LogP contribution is 2.23. The van der Waals surface area contributed by atoms with Gasteiger partial charge in [-0.3, -0.25) is 19.4 Å². The lowest BCUT2D eigenvalue weighted by Crippen LogP contribution is -2.43. The van der Waals surface area contributed by atoms with Gasteiger partial charge in [-0.1, -0.05) is 0 Å². The number of aliphatic hydroxyl groups excluding tert-OH is 1. The van der Waals surface area contributed by atoms with Gasteiger partial charge in [0.25, 0.3) is 11.8 Å². The van der Waals surface area contributed by atoms with Crippen LogP contribution >= 0.6 is 0 Å². The van der Waals surface area contributed by atoms with E-state index in [2.05, 4.69) is 24.6 Å². The maximum Gasteiger partial charge on any atom is 0.254 e. The quantitative estimate of drug-likeness (QED) is 0.683. The molecule has 2 aromatic rings. The Morgan fingerprint density at radius 2 is 2.22 bits per heavy atom. The van der Waals surface area contributed by atoms with Gasteiger partial charge in [-0.15, -0.1) is 0 Å². The molecule has 11 nitrogen and oxygen atoms in total. The van der Waals surface area contributed by atoms with E-state index < -0.39 is 27.6 Å². The average molecular weight is 395 g/mol. The first-order valence-corrected chi connectivity index (χ1v) is 10.3. The van der Waals surface area contributed by atoms with Gasteiger partial charge >= 0.3 is 0 Å². The van der Waals surface area contributed by atoms with Crippen molar-refractivity contribution < 1.29 is 18.9 Å². The molecule has 3 rings (SSSR count). The van der Waals surface area contributed by atoms with Crippen molar-refractivity contribution in [3.8, 4) is 0 Å². The second kappa shape index (κ2) is 7.56. The average Bonchev–Trinajstić information content (AvgIpc) is 3.27. The SMILES string of the molecule is C[C@@H](O)C(=O)N1CCn2ncc(S(C)(=O)=NC(=O)CCc3ncn[nH]3)c2C1. The maximum atomic E-state index is 13.1. The number of carbonyl (C=O) groups excluding carboxylic acids is 2. The molecule has 2 amide bonds. The largest absolute Gasteiger partial charge is 0.384 e. The number of rotatable bonds is 5. The number of hydrogen-bond donors (Lipinski definition) is 2. The smallest absolute Gasteiger partial charge is 0.254 e. The molecule has 1 aliphatic heterocycles. The Labute approximate surface area is 156 Å². The monoisotopic (exact) mass is 395 g/mol. The molecule has 0 fully saturated rings. The number of aliphatic hydroxyl groups is 1. The third kappa shape index (κ3) is 4.22. The van der Waals surface area contributed by atoms with Crippen LogP contribution < -0.4 is 0 Å². The van der Waals surface area contributed by atoms with Gasteiger partial charge in [0, 0.05) is 25.6 Å². The normalized spacial score (nSPS) is 17.1. The molecule has 0 saturated carbocycles.